The van der Waals surface area contributed by atoms with Crippen molar-refractivity contribution in [3.63, 3.8) is 0 Å². The van der Waals surface area contributed by atoms with Gasteiger partial charge in [-0.05, 0) is 179 Å². The maximum absolute atomic E-state index is 2.63. The van der Waals surface area contributed by atoms with Crippen LogP contribution in [0.2, 0.25) is 0 Å². The number of aromatic nitrogens is 1. The summed E-state index contributed by atoms with van der Waals surface area (Å²) in [5, 5.41) is 2.52. The molecule has 0 radical (unpaired) electrons. The van der Waals surface area contributed by atoms with Crippen LogP contribution < -0.4 is 9.80 Å². The van der Waals surface area contributed by atoms with Crippen LogP contribution in [0.4, 0.5) is 34.1 Å². The molecule has 3 heteroatoms. The summed E-state index contributed by atoms with van der Waals surface area (Å²) in [5.74, 6) is 0.919. The third-order valence-electron chi connectivity index (χ3n) is 18.6. The van der Waals surface area contributed by atoms with E-state index in [4.69, 9.17) is 0 Å². The molecule has 78 heavy (non-hydrogen) atoms. The van der Waals surface area contributed by atoms with Crippen LogP contribution in [0.1, 0.15) is 62.9 Å². The fourth-order valence-electron chi connectivity index (χ4n) is 15.7. The van der Waals surface area contributed by atoms with Crippen LogP contribution in [-0.2, 0) is 23.7 Å². The summed E-state index contributed by atoms with van der Waals surface area (Å²) in [5.41, 5.74) is 25.1. The Balaban J connectivity index is 0.927. The van der Waals surface area contributed by atoms with E-state index in [-0.39, 0.29) is 5.41 Å². The van der Waals surface area contributed by atoms with E-state index in [9.17, 15) is 0 Å². The predicted octanol–water partition coefficient (Wildman–Crippen LogP) is 18.8. The first-order chi connectivity index (χ1) is 38.6. The number of rotatable bonds is 9. The van der Waals surface area contributed by atoms with Crippen molar-refractivity contribution in [3.05, 3.63) is 317 Å². The molecule has 0 amide bonds. The Bertz CT molecular complexity index is 4250. The van der Waals surface area contributed by atoms with Gasteiger partial charge in [-0.25, -0.2) is 0 Å². The molecule has 1 heterocycles. The molecule has 0 N–H and O–H groups in total. The molecule has 16 rings (SSSR count). The summed E-state index contributed by atoms with van der Waals surface area (Å²) < 4.78 is 2.47. The normalized spacial score (nSPS) is 18.0. The highest BCUT2D eigenvalue weighted by molar-refractivity contribution is 6.10. The van der Waals surface area contributed by atoms with E-state index in [0.29, 0.717) is 11.8 Å². The Morgan fingerprint density at radius 2 is 0.885 bits per heavy atom. The van der Waals surface area contributed by atoms with E-state index in [2.05, 4.69) is 288 Å². The van der Waals surface area contributed by atoms with Crippen molar-refractivity contribution in [1.82, 2.24) is 4.57 Å². The molecule has 1 saturated carbocycles. The number of nitrogens with zero attached hydrogens (tertiary/aromatic N) is 3. The lowest BCUT2D eigenvalue weighted by Gasteiger charge is -2.40. The number of hydrogen-bond acceptors (Lipinski definition) is 2. The van der Waals surface area contributed by atoms with Gasteiger partial charge < -0.3 is 14.4 Å². The average Bonchev–Trinajstić information content (AvgIpc) is 3.69. The predicted molar refractivity (Wildman–Crippen MR) is 323 cm³/mol. The van der Waals surface area contributed by atoms with Crippen molar-refractivity contribution in [3.8, 4) is 16.8 Å². The van der Waals surface area contributed by atoms with Gasteiger partial charge in [-0.15, -0.1) is 0 Å². The Hall–Kier alpha value is -9.18. The molecule has 1 spiro atoms. The molecule has 3 unspecified atom stereocenters. The second kappa shape index (κ2) is 17.4. The molecular formula is C75H57N3. The zero-order chi connectivity index (χ0) is 51.5. The largest absolute Gasteiger partial charge is 0.310 e. The van der Waals surface area contributed by atoms with E-state index >= 15 is 0 Å². The Labute approximate surface area is 457 Å². The maximum atomic E-state index is 2.63. The third kappa shape index (κ3) is 6.33. The van der Waals surface area contributed by atoms with Crippen molar-refractivity contribution in [2.24, 2.45) is 11.8 Å². The highest BCUT2D eigenvalue weighted by atomic mass is 15.2. The van der Waals surface area contributed by atoms with Crippen molar-refractivity contribution in [2.45, 2.75) is 43.4 Å². The topological polar surface area (TPSA) is 11.4 Å². The summed E-state index contributed by atoms with van der Waals surface area (Å²) >= 11 is 0. The average molecular weight is 1000 g/mol. The smallest absolute Gasteiger partial charge is 0.0714 e. The van der Waals surface area contributed by atoms with E-state index in [1.54, 1.807) is 0 Å². The summed E-state index contributed by atoms with van der Waals surface area (Å²) in [4.78, 5) is 5.23. The molecule has 4 aliphatic carbocycles. The van der Waals surface area contributed by atoms with Crippen LogP contribution in [0.3, 0.4) is 0 Å². The molecule has 0 aliphatic heterocycles. The zero-order valence-electron chi connectivity index (χ0n) is 43.7. The van der Waals surface area contributed by atoms with Gasteiger partial charge in [0.05, 0.1) is 27.8 Å². The SMILES string of the molecule is Cc1ccc(-n2c3ccccc3c3ccc(N(c4ccccc4)c4cccc5c4C46c7c(cccc7N(c7ccccc7)c7ccc8c(c7)C(c7ccccc7)(c7ccccc7)c7ccccc7-8)CC4CCC6C5)cc32)cc1. The van der Waals surface area contributed by atoms with Crippen LogP contribution in [0, 0.1) is 18.8 Å². The van der Waals surface area contributed by atoms with Crippen LogP contribution in [0.15, 0.2) is 267 Å². The Kier molecular flexibility index (Phi) is 10.1. The number of aryl methyl sites for hydroxylation is 1. The third-order valence-corrected chi connectivity index (χ3v) is 18.6. The number of para-hydroxylation sites is 3. The second-order valence-corrected chi connectivity index (χ2v) is 22.4. The highest BCUT2D eigenvalue weighted by Gasteiger charge is 2.62. The van der Waals surface area contributed by atoms with Crippen molar-refractivity contribution in [1.29, 1.82) is 0 Å². The van der Waals surface area contributed by atoms with Crippen molar-refractivity contribution in [2.75, 3.05) is 9.80 Å². The van der Waals surface area contributed by atoms with Gasteiger partial charge in [0.2, 0.25) is 0 Å². The minimum absolute atomic E-state index is 0.219. The van der Waals surface area contributed by atoms with E-state index < -0.39 is 5.41 Å². The van der Waals surface area contributed by atoms with Gasteiger partial charge in [-0.1, -0.05) is 194 Å². The molecule has 11 aromatic carbocycles. The van der Waals surface area contributed by atoms with E-state index in [1.165, 1.54) is 119 Å². The fourth-order valence-corrected chi connectivity index (χ4v) is 15.7. The first-order valence-corrected chi connectivity index (χ1v) is 28.0. The lowest BCUT2D eigenvalue weighted by atomic mass is 9.67. The maximum Gasteiger partial charge on any atom is 0.0714 e. The summed E-state index contributed by atoms with van der Waals surface area (Å²) in [6, 6.07) is 101. The van der Waals surface area contributed by atoms with Crippen molar-refractivity contribution >= 4 is 55.9 Å². The first-order valence-electron chi connectivity index (χ1n) is 28.0. The highest BCUT2D eigenvalue weighted by Crippen LogP contribution is 2.69. The minimum atomic E-state index is -0.524. The summed E-state index contributed by atoms with van der Waals surface area (Å²) in [7, 11) is 0. The van der Waals surface area contributed by atoms with Gasteiger partial charge in [0.1, 0.15) is 0 Å². The molecule has 12 aromatic rings. The number of fused-ring (bicyclic) bond motifs is 8. The lowest BCUT2D eigenvalue weighted by molar-refractivity contribution is 0.350. The standard InChI is InChI=1S/C75H57N3/c1-50-36-40-59(41-37-50)78-68-33-17-15-31-64(68)65-45-43-61(49-71(65)78)77(58-28-12-5-13-29-58)70-35-19-21-52-47-56-39-38-55-46-51-20-18-34-69(72(51)75(55,56)73(52)70)76(57-26-10-4-11-27-57)60-42-44-63-62-30-14-16-32-66(62)74(67(63)48-60,53-22-6-2-7-23-53)54-24-8-3-9-25-54/h2-37,40-45,48-49,55-56H,38-39,46-47H2,1H3. The first kappa shape index (κ1) is 45.1. The molecular weight excluding hydrogens is 943 g/mol. The Morgan fingerprint density at radius 3 is 1.50 bits per heavy atom. The van der Waals surface area contributed by atoms with Gasteiger partial charge in [0, 0.05) is 44.6 Å². The van der Waals surface area contributed by atoms with Crippen LogP contribution in [0.5, 0.6) is 0 Å². The number of benzene rings is 11. The van der Waals surface area contributed by atoms with Gasteiger partial charge >= 0.3 is 0 Å². The summed E-state index contributed by atoms with van der Waals surface area (Å²) in [6.45, 7) is 2.17. The molecule has 3 nitrogen and oxygen atoms in total. The van der Waals surface area contributed by atoms with Crippen molar-refractivity contribution < 1.29 is 0 Å². The van der Waals surface area contributed by atoms with Gasteiger partial charge in [0.25, 0.3) is 0 Å². The second-order valence-electron chi connectivity index (χ2n) is 22.4. The monoisotopic (exact) mass is 999 g/mol. The van der Waals surface area contributed by atoms with Gasteiger partial charge in [-0.3, -0.25) is 0 Å². The molecule has 1 aromatic heterocycles. The number of hydrogen-bond donors (Lipinski definition) is 0. The van der Waals surface area contributed by atoms with Gasteiger partial charge in [0.15, 0.2) is 0 Å². The van der Waals surface area contributed by atoms with E-state index in [1.807, 2.05) is 0 Å². The van der Waals surface area contributed by atoms with Gasteiger partial charge in [-0.2, -0.15) is 0 Å². The minimum Gasteiger partial charge on any atom is -0.310 e. The molecule has 372 valence electrons. The molecule has 0 bridgehead atoms. The number of anilines is 6. The molecule has 0 saturated heterocycles. The van der Waals surface area contributed by atoms with Crippen LogP contribution in [-0.4, -0.2) is 4.57 Å². The molecule has 4 aliphatic rings. The lowest BCUT2D eigenvalue weighted by Crippen LogP contribution is -2.34. The fraction of sp³-hybridized carbons (Fsp3) is 0.120. The summed E-state index contributed by atoms with van der Waals surface area (Å²) in [6.07, 6.45) is 4.55. The molecule has 3 atom stereocenters. The van der Waals surface area contributed by atoms with E-state index in [0.717, 1.165) is 29.9 Å². The Morgan fingerprint density at radius 1 is 0.385 bits per heavy atom. The zero-order valence-corrected chi connectivity index (χ0v) is 43.7. The quantitative estimate of drug-likeness (QED) is 0.143. The van der Waals surface area contributed by atoms with Crippen LogP contribution in [0.25, 0.3) is 38.6 Å². The molecule has 1 fully saturated rings. The van der Waals surface area contributed by atoms with Crippen LogP contribution >= 0.6 is 0 Å².